The maximum atomic E-state index is 12.8. The second-order valence-corrected chi connectivity index (χ2v) is 8.32. The van der Waals surface area contributed by atoms with E-state index in [1.807, 2.05) is 19.1 Å². The number of nitrogens with one attached hydrogen (secondary N) is 1. The number of rotatable bonds is 6. The monoisotopic (exact) mass is 396 g/mol. The lowest BCUT2D eigenvalue weighted by Crippen LogP contribution is -2.44. The highest BCUT2D eigenvalue weighted by molar-refractivity contribution is 5.83. The van der Waals surface area contributed by atoms with Crippen molar-refractivity contribution in [1.29, 1.82) is 5.26 Å². The number of aryl methyl sites for hydroxylation is 1. The summed E-state index contributed by atoms with van der Waals surface area (Å²) in [6.45, 7) is 4.57. The zero-order valence-electron chi connectivity index (χ0n) is 17.0. The SMILES string of the molecule is Cc1c(C(C2CCNC2)N(C)CCC#N)ccc2c(=O)n(N)c(=O)n(C3CC3)c12. The van der Waals surface area contributed by atoms with E-state index in [0.29, 0.717) is 29.8 Å². The normalized spacial score (nSPS) is 20.3. The van der Waals surface area contributed by atoms with E-state index >= 15 is 0 Å². The maximum Gasteiger partial charge on any atom is 0.350 e. The van der Waals surface area contributed by atoms with Gasteiger partial charge >= 0.3 is 5.69 Å². The second-order valence-electron chi connectivity index (χ2n) is 8.32. The number of nitrogen functional groups attached to an aromatic ring is 1. The van der Waals surface area contributed by atoms with Gasteiger partial charge in [0.15, 0.2) is 0 Å². The third-order valence-corrected chi connectivity index (χ3v) is 6.40. The highest BCUT2D eigenvalue weighted by Crippen LogP contribution is 2.39. The lowest BCUT2D eigenvalue weighted by molar-refractivity contribution is 0.187. The number of fused-ring (bicyclic) bond motifs is 1. The van der Waals surface area contributed by atoms with Gasteiger partial charge in [-0.2, -0.15) is 9.94 Å². The van der Waals surface area contributed by atoms with Crippen molar-refractivity contribution in [2.24, 2.45) is 5.92 Å². The standard InChI is InChI=1S/C21H28N6O2/c1-13-16(19(14-8-10-24-12-14)25(2)11-3-9-22)6-7-17-18(13)26(15-4-5-15)21(29)27(23)20(17)28/h6-7,14-15,19,24H,3-5,8,10-12,23H2,1-2H3. The van der Waals surface area contributed by atoms with E-state index in [1.165, 1.54) is 0 Å². The molecular formula is C21H28N6O2. The van der Waals surface area contributed by atoms with E-state index in [0.717, 1.165) is 48.2 Å². The van der Waals surface area contributed by atoms with Gasteiger partial charge in [0.1, 0.15) is 0 Å². The Hall–Kier alpha value is -2.63. The summed E-state index contributed by atoms with van der Waals surface area (Å²) in [4.78, 5) is 27.7. The summed E-state index contributed by atoms with van der Waals surface area (Å²) < 4.78 is 2.45. The Morgan fingerprint density at radius 1 is 1.34 bits per heavy atom. The lowest BCUT2D eigenvalue weighted by Gasteiger charge is -2.34. The number of nitriles is 1. The molecule has 1 saturated heterocycles. The van der Waals surface area contributed by atoms with Crippen molar-refractivity contribution in [2.45, 2.75) is 44.7 Å². The molecule has 154 valence electrons. The molecule has 1 aromatic heterocycles. The molecule has 4 rings (SSSR count). The van der Waals surface area contributed by atoms with Gasteiger partial charge in [0.05, 0.1) is 17.0 Å². The van der Waals surface area contributed by atoms with Gasteiger partial charge in [-0.1, -0.05) is 6.07 Å². The Balaban J connectivity index is 1.92. The molecule has 1 saturated carbocycles. The number of hydrogen-bond acceptors (Lipinski definition) is 6. The van der Waals surface area contributed by atoms with E-state index in [2.05, 4.69) is 23.3 Å². The first-order valence-corrected chi connectivity index (χ1v) is 10.3. The zero-order chi connectivity index (χ0) is 20.7. The molecule has 0 radical (unpaired) electrons. The van der Waals surface area contributed by atoms with Gasteiger partial charge in [0.2, 0.25) is 0 Å². The van der Waals surface area contributed by atoms with Crippen LogP contribution in [0, 0.1) is 24.2 Å². The van der Waals surface area contributed by atoms with Crippen LogP contribution in [0.3, 0.4) is 0 Å². The van der Waals surface area contributed by atoms with Crippen LogP contribution in [-0.4, -0.2) is 40.8 Å². The molecule has 8 nitrogen and oxygen atoms in total. The van der Waals surface area contributed by atoms with Gasteiger partial charge in [-0.05, 0) is 69.4 Å². The van der Waals surface area contributed by atoms with E-state index < -0.39 is 11.2 Å². The predicted octanol–water partition coefficient (Wildman–Crippen LogP) is 1.02. The average Bonchev–Trinajstić information content (AvgIpc) is 3.41. The van der Waals surface area contributed by atoms with E-state index in [4.69, 9.17) is 11.1 Å². The summed E-state index contributed by atoms with van der Waals surface area (Å²) in [7, 11) is 2.05. The van der Waals surface area contributed by atoms with Crippen LogP contribution in [0.5, 0.6) is 0 Å². The minimum atomic E-state index is -0.450. The zero-order valence-corrected chi connectivity index (χ0v) is 17.0. The maximum absolute atomic E-state index is 12.8. The highest BCUT2D eigenvalue weighted by atomic mass is 16.2. The van der Waals surface area contributed by atoms with Gasteiger partial charge in [0.25, 0.3) is 5.56 Å². The third kappa shape index (κ3) is 3.34. The first-order valence-electron chi connectivity index (χ1n) is 10.3. The molecule has 2 heterocycles. The fourth-order valence-electron chi connectivity index (χ4n) is 4.78. The number of benzene rings is 1. The van der Waals surface area contributed by atoms with Gasteiger partial charge in [-0.3, -0.25) is 14.3 Å². The molecule has 3 N–H and O–H groups in total. The van der Waals surface area contributed by atoms with E-state index in [-0.39, 0.29) is 12.1 Å². The number of aromatic nitrogens is 2. The van der Waals surface area contributed by atoms with Crippen LogP contribution >= 0.6 is 0 Å². The lowest BCUT2D eigenvalue weighted by atomic mass is 9.87. The quantitative estimate of drug-likeness (QED) is 0.706. The Morgan fingerprint density at radius 2 is 2.10 bits per heavy atom. The Kier molecular flexibility index (Phi) is 5.19. The molecule has 0 spiro atoms. The minimum Gasteiger partial charge on any atom is -0.332 e. The molecule has 0 bridgehead atoms. The molecule has 2 aromatic rings. The summed E-state index contributed by atoms with van der Waals surface area (Å²) in [6.07, 6.45) is 3.37. The van der Waals surface area contributed by atoms with Crippen molar-refractivity contribution in [3.05, 3.63) is 44.1 Å². The van der Waals surface area contributed by atoms with Crippen molar-refractivity contribution in [3.8, 4) is 6.07 Å². The molecule has 2 fully saturated rings. The second kappa shape index (κ2) is 7.65. The molecular weight excluding hydrogens is 368 g/mol. The van der Waals surface area contributed by atoms with E-state index in [9.17, 15) is 9.59 Å². The molecule has 8 heteroatoms. The van der Waals surface area contributed by atoms with Gasteiger partial charge in [0, 0.05) is 25.0 Å². The fourth-order valence-corrected chi connectivity index (χ4v) is 4.78. The Labute approximate surface area is 169 Å². The topological polar surface area (TPSA) is 109 Å². The van der Waals surface area contributed by atoms with Crippen LogP contribution in [0.25, 0.3) is 10.9 Å². The molecule has 0 amide bonds. The van der Waals surface area contributed by atoms with Gasteiger partial charge in [-0.15, -0.1) is 0 Å². The number of nitrogens with two attached hydrogens (primary N) is 1. The summed E-state index contributed by atoms with van der Waals surface area (Å²) in [5.41, 5.74) is 1.90. The van der Waals surface area contributed by atoms with Crippen molar-refractivity contribution < 1.29 is 0 Å². The third-order valence-electron chi connectivity index (χ3n) is 6.40. The van der Waals surface area contributed by atoms with E-state index in [1.54, 1.807) is 4.57 Å². The van der Waals surface area contributed by atoms with Crippen LogP contribution in [0.1, 0.15) is 48.9 Å². The molecule has 1 aromatic carbocycles. The predicted molar refractivity (Wildman–Crippen MR) is 112 cm³/mol. The molecule has 29 heavy (non-hydrogen) atoms. The molecule has 1 aliphatic carbocycles. The van der Waals surface area contributed by atoms with Gasteiger partial charge in [-0.25, -0.2) is 4.79 Å². The van der Waals surface area contributed by atoms with Crippen molar-refractivity contribution in [3.63, 3.8) is 0 Å². The van der Waals surface area contributed by atoms with Crippen molar-refractivity contribution in [2.75, 3.05) is 32.5 Å². The number of hydrogen-bond donors (Lipinski definition) is 2. The smallest absolute Gasteiger partial charge is 0.332 e. The van der Waals surface area contributed by atoms with Crippen LogP contribution < -0.4 is 22.4 Å². The average molecular weight is 396 g/mol. The highest BCUT2D eigenvalue weighted by Gasteiger charge is 2.33. The Bertz CT molecular complexity index is 1090. The fraction of sp³-hybridized carbons (Fsp3) is 0.571. The van der Waals surface area contributed by atoms with Crippen molar-refractivity contribution >= 4 is 10.9 Å². The van der Waals surface area contributed by atoms with Crippen LogP contribution in [0.4, 0.5) is 0 Å². The van der Waals surface area contributed by atoms with Crippen molar-refractivity contribution in [1.82, 2.24) is 19.5 Å². The summed E-state index contributed by atoms with van der Waals surface area (Å²) in [5, 5.41) is 13.0. The van der Waals surface area contributed by atoms with Crippen LogP contribution in [0.15, 0.2) is 21.7 Å². The Morgan fingerprint density at radius 3 is 2.72 bits per heavy atom. The summed E-state index contributed by atoms with van der Waals surface area (Å²) >= 11 is 0. The minimum absolute atomic E-state index is 0.109. The number of nitrogens with zero attached hydrogens (tertiary/aromatic N) is 4. The molecule has 2 atom stereocenters. The first-order chi connectivity index (χ1) is 14.0. The summed E-state index contributed by atoms with van der Waals surface area (Å²) in [5.74, 6) is 6.20. The molecule has 1 aliphatic heterocycles. The molecule has 2 unspecified atom stereocenters. The largest absolute Gasteiger partial charge is 0.350 e. The van der Waals surface area contributed by atoms with Crippen LogP contribution in [0.2, 0.25) is 0 Å². The molecule has 2 aliphatic rings. The van der Waals surface area contributed by atoms with Gasteiger partial charge < -0.3 is 11.2 Å². The van der Waals surface area contributed by atoms with Crippen LogP contribution in [-0.2, 0) is 0 Å². The summed E-state index contributed by atoms with van der Waals surface area (Å²) in [6, 6.07) is 6.28. The first kappa shape index (κ1) is 19.7.